The predicted molar refractivity (Wildman–Crippen MR) is 112 cm³/mol. The van der Waals surface area contributed by atoms with E-state index in [1.54, 1.807) is 7.11 Å². The topological polar surface area (TPSA) is 72.5 Å². The second-order valence-electron chi connectivity index (χ2n) is 9.77. The Labute approximate surface area is 167 Å². The van der Waals surface area contributed by atoms with E-state index in [1.165, 1.54) is 7.11 Å². The maximum Gasteiger partial charge on any atom is 0.336 e. The van der Waals surface area contributed by atoms with Crippen molar-refractivity contribution in [3.05, 3.63) is 0 Å². The average molecular weight is 439 g/mol. The maximum absolute atomic E-state index is 12.6. The third kappa shape index (κ3) is 8.05. The lowest BCUT2D eigenvalue weighted by atomic mass is 10.1. The molecule has 0 saturated carbocycles. The van der Waals surface area contributed by atoms with Gasteiger partial charge < -0.3 is 27.5 Å². The first-order valence-electron chi connectivity index (χ1n) is 9.37. The van der Waals surface area contributed by atoms with Crippen LogP contribution >= 0.6 is 0 Å². The van der Waals surface area contributed by atoms with Gasteiger partial charge in [-0.25, -0.2) is 4.79 Å². The quantitative estimate of drug-likeness (QED) is 0.404. The van der Waals surface area contributed by atoms with E-state index < -0.39 is 61.6 Å². The van der Waals surface area contributed by atoms with Crippen molar-refractivity contribution >= 4 is 30.9 Å². The van der Waals surface area contributed by atoms with Crippen LogP contribution in [0.2, 0.25) is 58.9 Å². The van der Waals surface area contributed by atoms with Crippen LogP contribution in [0.1, 0.15) is 0 Å². The molecule has 0 unspecified atom stereocenters. The third-order valence-corrected chi connectivity index (χ3v) is 6.55. The van der Waals surface area contributed by atoms with Crippen LogP contribution in [0, 0.1) is 0 Å². The Balaban J connectivity index is 3.31. The molecule has 1 aliphatic rings. The minimum atomic E-state index is -2.05. The van der Waals surface area contributed by atoms with E-state index in [0.29, 0.717) is 0 Å². The van der Waals surface area contributed by atoms with Crippen molar-refractivity contribution in [2.45, 2.75) is 89.6 Å². The summed E-state index contributed by atoms with van der Waals surface area (Å²) in [5.41, 5.74) is 0. The molecule has 0 aromatic carbocycles. The predicted octanol–water partition coefficient (Wildman–Crippen LogP) is 3.19. The van der Waals surface area contributed by atoms with Gasteiger partial charge in [-0.3, -0.25) is 0 Å². The van der Waals surface area contributed by atoms with Crippen molar-refractivity contribution in [1.82, 2.24) is 0 Å². The molecule has 0 aromatic heterocycles. The molecule has 7 nitrogen and oxygen atoms in total. The van der Waals surface area contributed by atoms with E-state index >= 15 is 0 Å². The highest BCUT2D eigenvalue weighted by atomic mass is 28.4. The Morgan fingerprint density at radius 3 is 1.67 bits per heavy atom. The van der Waals surface area contributed by atoms with Gasteiger partial charge in [-0.2, -0.15) is 0 Å². The van der Waals surface area contributed by atoms with Crippen molar-refractivity contribution in [1.29, 1.82) is 0 Å². The summed E-state index contributed by atoms with van der Waals surface area (Å²) in [5, 5.41) is 0. The Kier molecular flexibility index (Phi) is 8.47. The van der Waals surface area contributed by atoms with Crippen LogP contribution in [0.3, 0.4) is 0 Å². The van der Waals surface area contributed by atoms with Crippen LogP contribution in [0.4, 0.5) is 0 Å². The fourth-order valence-corrected chi connectivity index (χ4v) is 6.04. The van der Waals surface area contributed by atoms with Gasteiger partial charge >= 0.3 is 5.97 Å². The molecule has 1 fully saturated rings. The largest absolute Gasteiger partial charge is 0.467 e. The van der Waals surface area contributed by atoms with Crippen LogP contribution in [0.25, 0.3) is 0 Å². The molecular weight excluding hydrogens is 400 g/mol. The fraction of sp³-hybridized carbons (Fsp3) is 0.941. The van der Waals surface area contributed by atoms with Gasteiger partial charge in [-0.15, -0.1) is 0 Å². The number of ether oxygens (including phenoxy) is 3. The number of esters is 1. The molecule has 1 aliphatic heterocycles. The smallest absolute Gasteiger partial charge is 0.336 e. The van der Waals surface area contributed by atoms with Gasteiger partial charge in [0, 0.05) is 7.11 Å². The molecular formula is C17H38O7Si3. The van der Waals surface area contributed by atoms with Crippen molar-refractivity contribution in [3.8, 4) is 0 Å². The molecule has 0 bridgehead atoms. The zero-order valence-electron chi connectivity index (χ0n) is 18.7. The third-order valence-electron chi connectivity index (χ3n) is 3.63. The average Bonchev–Trinajstić information content (AvgIpc) is 2.77. The normalized spacial score (nSPS) is 28.3. The summed E-state index contributed by atoms with van der Waals surface area (Å²) in [5.74, 6) is -0.463. The summed E-state index contributed by atoms with van der Waals surface area (Å²) < 4.78 is 35.7. The van der Waals surface area contributed by atoms with Gasteiger partial charge in [0.1, 0.15) is 18.3 Å². The SMILES string of the molecule is COC(=O)[C@@H](O[Si](C)(C)C)[C@@H]1O[C@@H](OC)[C@H](O[Si](C)(C)C)[C@H]1O[Si](C)(C)C. The van der Waals surface area contributed by atoms with Crippen molar-refractivity contribution in [3.63, 3.8) is 0 Å². The van der Waals surface area contributed by atoms with E-state index in [1.807, 2.05) is 19.6 Å². The summed E-state index contributed by atoms with van der Waals surface area (Å²) in [6.45, 7) is 18.7. The number of hydrogen-bond acceptors (Lipinski definition) is 7. The minimum Gasteiger partial charge on any atom is -0.467 e. The summed E-state index contributed by atoms with van der Waals surface area (Å²) in [7, 11) is -3.01. The van der Waals surface area contributed by atoms with Crippen LogP contribution in [0.5, 0.6) is 0 Å². The van der Waals surface area contributed by atoms with Crippen LogP contribution < -0.4 is 0 Å². The van der Waals surface area contributed by atoms with Gasteiger partial charge in [0.2, 0.25) is 0 Å². The maximum atomic E-state index is 12.6. The van der Waals surface area contributed by atoms with Gasteiger partial charge in [0.25, 0.3) is 0 Å². The summed E-state index contributed by atoms with van der Waals surface area (Å²) in [6, 6.07) is 0. The minimum absolute atomic E-state index is 0.421. The lowest BCUT2D eigenvalue weighted by Gasteiger charge is -2.36. The number of carbonyl (C=O) groups excluding carboxylic acids is 1. The van der Waals surface area contributed by atoms with Crippen LogP contribution in [-0.4, -0.2) is 75.8 Å². The van der Waals surface area contributed by atoms with Gasteiger partial charge in [0.15, 0.2) is 37.3 Å². The standard InChI is InChI=1S/C17H38O7Si3/c1-19-16(18)14(23-26(6,7)8)12-13(22-25(3,4)5)15(17(20-2)21-12)24-27(9,10)11/h12-15,17H,1-11H3/t12-,13+,14+,15-,17-/m1/s1. The van der Waals surface area contributed by atoms with Crippen molar-refractivity contribution in [2.75, 3.05) is 14.2 Å². The molecule has 1 rings (SSSR count). The van der Waals surface area contributed by atoms with E-state index in [-0.39, 0.29) is 0 Å². The molecule has 0 amide bonds. The molecule has 0 radical (unpaired) electrons. The zero-order valence-corrected chi connectivity index (χ0v) is 21.7. The molecule has 1 saturated heterocycles. The monoisotopic (exact) mass is 438 g/mol. The number of methoxy groups -OCH3 is 2. The van der Waals surface area contributed by atoms with Crippen molar-refractivity contribution in [2.24, 2.45) is 0 Å². The molecule has 0 aromatic rings. The Morgan fingerprint density at radius 2 is 1.30 bits per heavy atom. The fourth-order valence-electron chi connectivity index (χ4n) is 2.90. The number of carbonyl (C=O) groups is 1. The Bertz CT molecular complexity index is 496. The molecule has 0 spiro atoms. The highest BCUT2D eigenvalue weighted by Gasteiger charge is 2.54. The van der Waals surface area contributed by atoms with Crippen LogP contribution in [-0.2, 0) is 32.3 Å². The summed E-state index contributed by atoms with van der Waals surface area (Å²) >= 11 is 0. The Hall–Kier alpha value is -0.0794. The van der Waals surface area contributed by atoms with E-state index in [2.05, 4.69) is 39.3 Å². The highest BCUT2D eigenvalue weighted by Crippen LogP contribution is 2.35. The van der Waals surface area contributed by atoms with E-state index in [4.69, 9.17) is 27.5 Å². The number of rotatable bonds is 9. The first-order chi connectivity index (χ1) is 12.1. The molecule has 27 heavy (non-hydrogen) atoms. The van der Waals surface area contributed by atoms with E-state index in [0.717, 1.165) is 0 Å². The molecule has 0 aliphatic carbocycles. The first-order valence-corrected chi connectivity index (χ1v) is 19.6. The van der Waals surface area contributed by atoms with Gasteiger partial charge in [-0.1, -0.05) is 0 Å². The molecule has 0 N–H and O–H groups in total. The zero-order chi connectivity index (χ0) is 21.2. The second-order valence-corrected chi connectivity index (χ2v) is 23.1. The van der Waals surface area contributed by atoms with Gasteiger partial charge in [-0.05, 0) is 58.9 Å². The van der Waals surface area contributed by atoms with Crippen molar-refractivity contribution < 1.29 is 32.3 Å². The molecule has 160 valence electrons. The molecule has 1 heterocycles. The second kappa shape index (κ2) is 9.16. The summed E-state index contributed by atoms with van der Waals surface area (Å²) in [4.78, 5) is 12.6. The molecule has 5 atom stereocenters. The first kappa shape index (κ1) is 25.0. The summed E-state index contributed by atoms with van der Waals surface area (Å²) in [6.07, 6.45) is -3.04. The molecule has 10 heteroatoms. The lowest BCUT2D eigenvalue weighted by molar-refractivity contribution is -0.176. The Morgan fingerprint density at radius 1 is 0.815 bits per heavy atom. The lowest BCUT2D eigenvalue weighted by Crippen LogP contribution is -2.54. The van der Waals surface area contributed by atoms with Crippen LogP contribution in [0.15, 0.2) is 0 Å². The number of hydrogen-bond donors (Lipinski definition) is 0. The van der Waals surface area contributed by atoms with E-state index in [9.17, 15) is 4.79 Å². The highest BCUT2D eigenvalue weighted by molar-refractivity contribution is 6.70. The van der Waals surface area contributed by atoms with Gasteiger partial charge in [0.05, 0.1) is 7.11 Å².